The van der Waals surface area contributed by atoms with E-state index in [4.69, 9.17) is 20.8 Å². The predicted molar refractivity (Wildman–Crippen MR) is 119 cm³/mol. The zero-order chi connectivity index (χ0) is 21.8. The number of amides is 1. The molecule has 1 aromatic carbocycles. The molecule has 2 fully saturated rings. The Hall–Kier alpha value is -2.19. The Morgan fingerprint density at radius 2 is 1.87 bits per heavy atom. The molecule has 9 heteroatoms. The van der Waals surface area contributed by atoms with E-state index in [0.717, 1.165) is 31.8 Å². The summed E-state index contributed by atoms with van der Waals surface area (Å²) in [5.41, 5.74) is 0. The van der Waals surface area contributed by atoms with E-state index in [2.05, 4.69) is 4.90 Å². The van der Waals surface area contributed by atoms with Gasteiger partial charge in [-0.15, -0.1) is 0 Å². The molecule has 7 nitrogen and oxygen atoms in total. The summed E-state index contributed by atoms with van der Waals surface area (Å²) >= 11 is 5.88. The maximum atomic E-state index is 13.0. The highest BCUT2D eigenvalue weighted by atomic mass is 35.5. The lowest BCUT2D eigenvalue weighted by molar-refractivity contribution is -0.136. The number of piperidine rings is 1. The molecule has 1 unspecified atom stereocenters. The molecule has 0 bridgehead atoms. The van der Waals surface area contributed by atoms with Crippen molar-refractivity contribution in [3.8, 4) is 5.75 Å². The highest BCUT2D eigenvalue weighted by molar-refractivity contribution is 7.91. The van der Waals surface area contributed by atoms with E-state index in [1.54, 1.807) is 29.2 Å². The van der Waals surface area contributed by atoms with E-state index in [1.807, 2.05) is 12.1 Å². The van der Waals surface area contributed by atoms with Crippen molar-refractivity contribution in [1.82, 2.24) is 4.90 Å². The van der Waals surface area contributed by atoms with Crippen LogP contribution in [0.3, 0.4) is 0 Å². The lowest BCUT2D eigenvalue weighted by Gasteiger charge is -2.28. The molecule has 1 aromatic heterocycles. The minimum absolute atomic E-state index is 0.0284. The van der Waals surface area contributed by atoms with Gasteiger partial charge in [0.2, 0.25) is 0 Å². The van der Waals surface area contributed by atoms with Crippen LogP contribution in [0.4, 0.5) is 5.88 Å². The fourth-order valence-corrected chi connectivity index (χ4v) is 5.96. The van der Waals surface area contributed by atoms with E-state index in [1.165, 1.54) is 6.42 Å². The minimum atomic E-state index is -3.14. The fourth-order valence-electron chi connectivity index (χ4n) is 4.10. The van der Waals surface area contributed by atoms with Crippen LogP contribution in [0, 0.1) is 0 Å². The zero-order valence-corrected chi connectivity index (χ0v) is 18.9. The molecule has 2 aliphatic heterocycles. The first kappa shape index (κ1) is 22.0. The normalized spacial score (nSPS) is 20.5. The Labute approximate surface area is 187 Å². The number of nitrogens with zero attached hydrogens (tertiary/aromatic N) is 2. The molecular weight excluding hydrogens is 440 g/mol. The Kier molecular flexibility index (Phi) is 6.77. The minimum Gasteiger partial charge on any atom is -0.484 e. The quantitative estimate of drug-likeness (QED) is 0.621. The smallest absolute Gasteiger partial charge is 0.261 e. The van der Waals surface area contributed by atoms with Crippen LogP contribution < -0.4 is 9.64 Å². The third kappa shape index (κ3) is 5.74. The Morgan fingerprint density at radius 3 is 2.55 bits per heavy atom. The highest BCUT2D eigenvalue weighted by Gasteiger charge is 2.35. The van der Waals surface area contributed by atoms with E-state index in [-0.39, 0.29) is 36.6 Å². The summed E-state index contributed by atoms with van der Waals surface area (Å²) in [6.45, 7) is 1.96. The molecule has 0 saturated carbocycles. The second-order valence-corrected chi connectivity index (χ2v) is 10.8. The number of carbonyl (C=O) groups is 1. The summed E-state index contributed by atoms with van der Waals surface area (Å²) in [6.07, 6.45) is 3.94. The number of halogens is 1. The van der Waals surface area contributed by atoms with E-state index < -0.39 is 9.84 Å². The lowest BCUT2D eigenvalue weighted by Crippen LogP contribution is -2.43. The number of furan rings is 1. The first-order valence-electron chi connectivity index (χ1n) is 10.6. The summed E-state index contributed by atoms with van der Waals surface area (Å²) in [4.78, 5) is 16.8. The molecular formula is C22H27ClN2O5S. The summed E-state index contributed by atoms with van der Waals surface area (Å²) in [5.74, 6) is 1.77. The van der Waals surface area contributed by atoms with Crippen LogP contribution in [-0.4, -0.2) is 56.5 Å². The van der Waals surface area contributed by atoms with Gasteiger partial charge in [-0.1, -0.05) is 11.6 Å². The second-order valence-electron chi connectivity index (χ2n) is 8.11. The predicted octanol–water partition coefficient (Wildman–Crippen LogP) is 3.52. The van der Waals surface area contributed by atoms with Gasteiger partial charge in [-0.3, -0.25) is 4.79 Å². The van der Waals surface area contributed by atoms with Gasteiger partial charge < -0.3 is 19.0 Å². The van der Waals surface area contributed by atoms with Gasteiger partial charge in [-0.05, 0) is 56.0 Å². The van der Waals surface area contributed by atoms with Crippen molar-refractivity contribution in [2.24, 2.45) is 0 Å². The summed E-state index contributed by atoms with van der Waals surface area (Å²) in [7, 11) is -3.14. The highest BCUT2D eigenvalue weighted by Crippen LogP contribution is 2.26. The number of anilines is 1. The maximum absolute atomic E-state index is 13.0. The zero-order valence-electron chi connectivity index (χ0n) is 17.3. The van der Waals surface area contributed by atoms with Crippen molar-refractivity contribution in [3.63, 3.8) is 0 Å². The molecule has 2 aromatic rings. The maximum Gasteiger partial charge on any atom is 0.261 e. The Balaban J connectivity index is 1.45. The molecule has 2 saturated heterocycles. The second kappa shape index (κ2) is 9.53. The number of benzene rings is 1. The van der Waals surface area contributed by atoms with Crippen LogP contribution in [0.15, 0.2) is 40.8 Å². The van der Waals surface area contributed by atoms with Crippen molar-refractivity contribution in [2.75, 3.05) is 36.1 Å². The summed E-state index contributed by atoms with van der Waals surface area (Å²) < 4.78 is 35.7. The number of hydrogen-bond donors (Lipinski definition) is 0. The Morgan fingerprint density at radius 1 is 1.13 bits per heavy atom. The molecule has 0 radical (unpaired) electrons. The number of sulfone groups is 1. The van der Waals surface area contributed by atoms with Gasteiger partial charge in [0.05, 0.1) is 18.1 Å². The average molecular weight is 467 g/mol. The molecule has 4 rings (SSSR count). The monoisotopic (exact) mass is 466 g/mol. The topological polar surface area (TPSA) is 80.1 Å². The van der Waals surface area contributed by atoms with Gasteiger partial charge in [-0.25, -0.2) is 8.42 Å². The number of rotatable bonds is 7. The largest absolute Gasteiger partial charge is 0.484 e. The first-order chi connectivity index (χ1) is 14.9. The van der Waals surface area contributed by atoms with Gasteiger partial charge >= 0.3 is 0 Å². The van der Waals surface area contributed by atoms with Crippen LogP contribution >= 0.6 is 11.6 Å². The third-order valence-electron chi connectivity index (χ3n) is 5.79. The van der Waals surface area contributed by atoms with Crippen LogP contribution in [0.5, 0.6) is 5.75 Å². The molecule has 2 aliphatic rings. The molecule has 31 heavy (non-hydrogen) atoms. The molecule has 3 heterocycles. The van der Waals surface area contributed by atoms with Crippen LogP contribution in [0.2, 0.25) is 5.02 Å². The van der Waals surface area contributed by atoms with Crippen molar-refractivity contribution in [2.45, 2.75) is 38.3 Å². The number of ether oxygens (including phenoxy) is 1. The first-order valence-corrected chi connectivity index (χ1v) is 12.8. The summed E-state index contributed by atoms with van der Waals surface area (Å²) in [6, 6.07) is 10.2. The standard InChI is InChI=1S/C22H27ClN2O5S/c23-17-4-6-19(7-5-17)29-15-21(26)25(18-10-13-31(27,28)16-18)14-20-8-9-22(30-20)24-11-2-1-3-12-24/h4-9,18H,1-3,10-16H2. The van der Waals surface area contributed by atoms with Gasteiger partial charge in [0.25, 0.3) is 5.91 Å². The third-order valence-corrected chi connectivity index (χ3v) is 7.79. The van der Waals surface area contributed by atoms with E-state index in [0.29, 0.717) is 23.0 Å². The molecule has 0 spiro atoms. The van der Waals surface area contributed by atoms with Crippen molar-refractivity contribution < 1.29 is 22.4 Å². The summed E-state index contributed by atoms with van der Waals surface area (Å²) in [5, 5.41) is 0.582. The number of hydrogen-bond acceptors (Lipinski definition) is 6. The number of carbonyl (C=O) groups excluding carboxylic acids is 1. The lowest BCUT2D eigenvalue weighted by atomic mass is 10.1. The van der Waals surface area contributed by atoms with Gasteiger partial charge in [0.15, 0.2) is 22.3 Å². The molecule has 1 amide bonds. The van der Waals surface area contributed by atoms with Crippen LogP contribution in [0.1, 0.15) is 31.4 Å². The van der Waals surface area contributed by atoms with Crippen molar-refractivity contribution in [3.05, 3.63) is 47.2 Å². The molecule has 168 valence electrons. The van der Waals surface area contributed by atoms with Crippen LogP contribution in [-0.2, 0) is 21.2 Å². The fraction of sp³-hybridized carbons (Fsp3) is 0.500. The van der Waals surface area contributed by atoms with E-state index in [9.17, 15) is 13.2 Å². The van der Waals surface area contributed by atoms with Gasteiger partial charge in [0.1, 0.15) is 11.5 Å². The van der Waals surface area contributed by atoms with Crippen molar-refractivity contribution in [1.29, 1.82) is 0 Å². The molecule has 1 atom stereocenters. The molecule has 0 aliphatic carbocycles. The van der Waals surface area contributed by atoms with Crippen molar-refractivity contribution >= 4 is 33.2 Å². The van der Waals surface area contributed by atoms with Crippen LogP contribution in [0.25, 0.3) is 0 Å². The van der Waals surface area contributed by atoms with Gasteiger partial charge in [-0.2, -0.15) is 0 Å². The average Bonchev–Trinajstić information content (AvgIpc) is 3.38. The SMILES string of the molecule is O=C(COc1ccc(Cl)cc1)N(Cc1ccc(N2CCCCC2)o1)C1CCS(=O)(=O)C1. The Bertz CT molecular complexity index is 999. The van der Waals surface area contributed by atoms with E-state index >= 15 is 0 Å². The van der Waals surface area contributed by atoms with Gasteiger partial charge in [0, 0.05) is 30.2 Å². The molecule has 0 N–H and O–H groups in total.